The van der Waals surface area contributed by atoms with Gasteiger partial charge in [0.15, 0.2) is 0 Å². The lowest BCUT2D eigenvalue weighted by Gasteiger charge is -2.28. The number of aromatic amines is 2. The number of H-pyrrole nitrogens is 2. The molecule has 486 valence electrons. The molecule has 0 radical (unpaired) electrons. The van der Waals surface area contributed by atoms with Gasteiger partial charge in [0, 0.05) is 54.7 Å². The highest BCUT2D eigenvalue weighted by Gasteiger charge is 2.36. The van der Waals surface area contributed by atoms with Crippen molar-refractivity contribution < 1.29 is 63.1 Å². The predicted octanol–water partition coefficient (Wildman–Crippen LogP) is -0.654. The Morgan fingerprint density at radius 1 is 0.629 bits per heavy atom. The van der Waals surface area contributed by atoms with E-state index in [1.54, 1.807) is 56.4 Å². The molecule has 28 heteroatoms. The molecule has 0 bridgehead atoms. The molecule has 1 aliphatic heterocycles. The summed E-state index contributed by atoms with van der Waals surface area (Å²) in [4.78, 5) is 160. The number of piperidine rings is 1. The average Bonchev–Trinajstić information content (AvgIpc) is 4.27. The van der Waals surface area contributed by atoms with Crippen molar-refractivity contribution in [1.82, 2.24) is 73.6 Å². The van der Waals surface area contributed by atoms with Crippen LogP contribution in [0.2, 0.25) is 0 Å². The van der Waals surface area contributed by atoms with Crippen LogP contribution in [0, 0.1) is 17.8 Å². The normalized spacial score (nSPS) is 16.2. The summed E-state index contributed by atoms with van der Waals surface area (Å²) < 4.78 is 0. The van der Waals surface area contributed by atoms with Gasteiger partial charge in [0.2, 0.25) is 59.1 Å². The van der Waals surface area contributed by atoms with Gasteiger partial charge < -0.3 is 74.0 Å². The van der Waals surface area contributed by atoms with Gasteiger partial charge in [-0.25, -0.2) is 10.5 Å². The van der Waals surface area contributed by atoms with Crippen LogP contribution in [0.1, 0.15) is 117 Å². The predicted molar refractivity (Wildman–Crippen MR) is 327 cm³/mol. The number of carbonyl (C=O) groups is 11. The zero-order valence-corrected chi connectivity index (χ0v) is 51.5. The van der Waals surface area contributed by atoms with Gasteiger partial charge in [-0.2, -0.15) is 0 Å². The number of hydrogen-bond acceptors (Lipinski definition) is 15. The zero-order chi connectivity index (χ0) is 65.3. The number of rotatable bonds is 35. The Bertz CT molecular complexity index is 3020. The van der Waals surface area contributed by atoms with Gasteiger partial charge in [-0.1, -0.05) is 96.5 Å². The van der Waals surface area contributed by atoms with Gasteiger partial charge in [0.25, 0.3) is 5.91 Å². The van der Waals surface area contributed by atoms with Crippen LogP contribution in [0.4, 0.5) is 0 Å². The highest BCUT2D eigenvalue weighted by molar-refractivity contribution is 5.98. The van der Waals surface area contributed by atoms with E-state index in [0.29, 0.717) is 24.2 Å². The van der Waals surface area contributed by atoms with Gasteiger partial charge in [-0.15, -0.1) is 0 Å². The first-order chi connectivity index (χ1) is 42.3. The third kappa shape index (κ3) is 23.4. The van der Waals surface area contributed by atoms with E-state index >= 15 is 0 Å². The first-order valence-corrected chi connectivity index (χ1v) is 30.2. The maximum Gasteiger partial charge on any atom is 0.265 e. The van der Waals surface area contributed by atoms with Crippen molar-refractivity contribution >= 4 is 75.9 Å². The fourth-order valence-electron chi connectivity index (χ4n) is 10.2. The Balaban J connectivity index is 1.27. The lowest BCUT2D eigenvalue weighted by molar-refractivity contribution is -0.136. The molecule has 1 fully saturated rings. The Kier molecular flexibility index (Phi) is 28.2. The molecule has 10 atom stereocenters. The average molecular weight is 1240 g/mol. The maximum absolute atomic E-state index is 14.5. The number of aromatic nitrogens is 3. The van der Waals surface area contributed by atoms with Crippen molar-refractivity contribution in [1.29, 1.82) is 0 Å². The van der Waals surface area contributed by atoms with Crippen molar-refractivity contribution in [3.63, 3.8) is 0 Å². The van der Waals surface area contributed by atoms with Crippen LogP contribution in [0.3, 0.4) is 0 Å². The van der Waals surface area contributed by atoms with Crippen LogP contribution < -0.4 is 64.4 Å². The van der Waals surface area contributed by atoms with Crippen LogP contribution >= 0.6 is 0 Å². The number of amides is 11. The summed E-state index contributed by atoms with van der Waals surface area (Å²) >= 11 is 0. The third-order valence-corrected chi connectivity index (χ3v) is 15.0. The first kappa shape index (κ1) is 71.0. The fraction of sp³-hybridized carbons (Fsp3) is 0.541. The molecular weight excluding hydrogens is 1150 g/mol. The number of nitrogens with one attached hydrogen (secondary N) is 13. The van der Waals surface area contributed by atoms with Crippen molar-refractivity contribution in [3.05, 3.63) is 90.1 Å². The minimum absolute atomic E-state index is 0.0411. The minimum atomic E-state index is -1.46. The number of benzene rings is 2. The molecule has 1 aliphatic rings. The molecule has 0 unspecified atom stereocenters. The monoisotopic (exact) mass is 1240 g/mol. The quantitative estimate of drug-likeness (QED) is 0.0201. The van der Waals surface area contributed by atoms with Crippen LogP contribution in [-0.4, -0.2) is 164 Å². The summed E-state index contributed by atoms with van der Waals surface area (Å²) in [5, 5.41) is 48.3. The number of fused-ring (bicyclic) bond motifs is 1. The van der Waals surface area contributed by atoms with E-state index in [1.165, 1.54) is 24.9 Å². The number of imidazole rings is 1. The van der Waals surface area contributed by atoms with Crippen molar-refractivity contribution in [2.45, 2.75) is 180 Å². The second kappa shape index (κ2) is 35.3. The zero-order valence-electron chi connectivity index (χ0n) is 51.5. The Labute approximate surface area is 517 Å². The summed E-state index contributed by atoms with van der Waals surface area (Å²) in [6.07, 6.45) is 4.31. The molecule has 4 aromatic rings. The van der Waals surface area contributed by atoms with Crippen LogP contribution in [0.5, 0.6) is 0 Å². The number of aliphatic hydroxyl groups is 1. The van der Waals surface area contributed by atoms with E-state index in [1.807, 2.05) is 45.9 Å². The highest BCUT2D eigenvalue weighted by atomic mass is 16.5. The molecular formula is C61H89N15O13. The topological polar surface area (TPSA) is 431 Å². The molecule has 2 aromatic carbocycles. The lowest BCUT2D eigenvalue weighted by atomic mass is 9.96. The smallest absolute Gasteiger partial charge is 0.265 e. The van der Waals surface area contributed by atoms with Gasteiger partial charge in [0.05, 0.1) is 37.5 Å². The van der Waals surface area contributed by atoms with E-state index in [9.17, 15) is 63.1 Å². The van der Waals surface area contributed by atoms with E-state index in [-0.39, 0.29) is 56.8 Å². The van der Waals surface area contributed by atoms with E-state index < -0.39 is 144 Å². The van der Waals surface area contributed by atoms with Crippen molar-refractivity contribution in [3.8, 4) is 0 Å². The maximum atomic E-state index is 14.5. The molecule has 0 saturated carbocycles. The number of nitrogens with two attached hydrogens (primary N) is 1. The van der Waals surface area contributed by atoms with E-state index in [0.717, 1.165) is 29.3 Å². The molecule has 2 aromatic heterocycles. The molecule has 28 nitrogen and oxygen atoms in total. The molecule has 17 N–H and O–H groups in total. The van der Waals surface area contributed by atoms with Crippen molar-refractivity contribution in [2.75, 3.05) is 13.1 Å². The van der Waals surface area contributed by atoms with Crippen LogP contribution in [0.15, 0.2) is 73.3 Å². The summed E-state index contributed by atoms with van der Waals surface area (Å²) in [5.74, 6) is -9.10. The van der Waals surface area contributed by atoms with Crippen LogP contribution in [-0.2, 0) is 72.0 Å². The molecule has 0 spiro atoms. The van der Waals surface area contributed by atoms with Crippen molar-refractivity contribution in [2.24, 2.45) is 23.5 Å². The van der Waals surface area contributed by atoms with Gasteiger partial charge >= 0.3 is 0 Å². The third-order valence-electron chi connectivity index (χ3n) is 15.0. The standard InChI is InChI=1S/C61H89N15O13/c1-33(2)23-44(49(77)28-51(79)69-45(24-34(3)4)60(87)76-89)72-59(86)48(27-39-30-63-32-67-39)70-52(80)31-66-61(88)53(35(5)6)75-54(81)36(7)68-57(84)47(26-38-29-65-41-18-12-11-17-40(38)41)74-56(83)43(20-21-50(62)78)71-58(85)46(25-37-15-9-8-10-16-37)73-55(82)42-19-13-14-22-64-42/h8-12,15-18,29-30,32-36,42-49,53,64-65,77,89H,13-14,19-28,31H2,1-7H3,(H2,62,78)(H,63,67)(H,66,88)(H,68,84)(H,69,79)(H,70,80)(H,71,85)(H,72,86)(H,73,82)(H,74,83)(H,75,81)(H,76,87)/t36-,42-,43-,44-,45-,46+,47-,48-,49-,53-/m0/s1. The minimum Gasteiger partial charge on any atom is -0.390 e. The molecule has 5 rings (SSSR count). The highest BCUT2D eigenvalue weighted by Crippen LogP contribution is 2.20. The fourth-order valence-corrected chi connectivity index (χ4v) is 10.2. The summed E-state index contributed by atoms with van der Waals surface area (Å²) in [7, 11) is 0. The number of para-hydroxylation sites is 1. The summed E-state index contributed by atoms with van der Waals surface area (Å²) in [5.41, 5.74) is 9.55. The number of carbonyl (C=O) groups excluding carboxylic acids is 11. The van der Waals surface area contributed by atoms with Crippen LogP contribution in [0.25, 0.3) is 10.9 Å². The number of hydroxylamine groups is 1. The Hall–Kier alpha value is -8.76. The summed E-state index contributed by atoms with van der Waals surface area (Å²) in [6, 6.07) is 5.55. The van der Waals surface area contributed by atoms with Gasteiger partial charge in [0.1, 0.15) is 42.3 Å². The second-order valence-electron chi connectivity index (χ2n) is 23.8. The Morgan fingerprint density at radius 2 is 1.26 bits per heavy atom. The molecule has 11 amide bonds. The largest absolute Gasteiger partial charge is 0.390 e. The summed E-state index contributed by atoms with van der Waals surface area (Å²) in [6.45, 7) is 11.9. The molecule has 89 heavy (non-hydrogen) atoms. The number of aliphatic hydroxyl groups excluding tert-OH is 1. The number of nitrogens with zero attached hydrogens (tertiary/aromatic N) is 1. The Morgan fingerprint density at radius 3 is 1.90 bits per heavy atom. The molecule has 3 heterocycles. The van der Waals surface area contributed by atoms with E-state index in [2.05, 4.69) is 68.1 Å². The van der Waals surface area contributed by atoms with Gasteiger partial charge in [-0.05, 0) is 80.5 Å². The van der Waals surface area contributed by atoms with E-state index in [4.69, 9.17) is 5.73 Å². The lowest BCUT2D eigenvalue weighted by Crippen LogP contribution is -2.60. The second-order valence-corrected chi connectivity index (χ2v) is 23.8. The number of primary amides is 1. The molecule has 1 saturated heterocycles. The molecule has 0 aliphatic carbocycles. The number of hydrogen-bond donors (Lipinski definition) is 16. The first-order valence-electron chi connectivity index (χ1n) is 30.2. The van der Waals surface area contributed by atoms with Gasteiger partial charge in [-0.3, -0.25) is 57.9 Å². The SMILES string of the molecule is CC(C)C[C@H](NC(=O)C[C@H](O)[C@H](CC(C)C)NC(=O)[C@H](Cc1cnc[nH]1)NC(=O)CNC(=O)[C@@H](NC(=O)[C@H](C)NC(=O)[C@H](Cc1c[nH]c2ccccc12)NC(=O)[C@H](CCC(N)=O)NC(=O)[C@@H](Cc1ccccc1)NC(=O)[C@@H]1CCCCN1)C(C)C)C(=O)NO.